The van der Waals surface area contributed by atoms with E-state index in [9.17, 15) is 9.18 Å². The number of nitrogens with zero attached hydrogens (tertiary/aromatic N) is 3. The number of hydrogen-bond acceptors (Lipinski definition) is 3. The van der Waals surface area contributed by atoms with Gasteiger partial charge in [-0.15, -0.1) is 0 Å². The number of aliphatic imine (C=N–C) groups is 1. The maximum atomic E-state index is 13.9. The van der Waals surface area contributed by atoms with Crippen molar-refractivity contribution in [3.63, 3.8) is 0 Å². The van der Waals surface area contributed by atoms with Gasteiger partial charge in [-0.05, 0) is 43.5 Å². The number of amides is 1. The van der Waals surface area contributed by atoms with Gasteiger partial charge in [0, 0.05) is 44.7 Å². The highest BCUT2D eigenvalue weighted by molar-refractivity contribution is 5.98. The minimum atomic E-state index is -0.364. The van der Waals surface area contributed by atoms with E-state index in [2.05, 4.69) is 33.4 Å². The number of likely N-dealkylation sites (tertiary alicyclic amines) is 1. The van der Waals surface area contributed by atoms with Crippen molar-refractivity contribution >= 4 is 17.6 Å². The summed E-state index contributed by atoms with van der Waals surface area (Å²) in [6.45, 7) is 4.88. The Morgan fingerprint density at radius 2 is 2.03 bits per heavy atom. The second-order valence-corrected chi connectivity index (χ2v) is 8.43. The second-order valence-electron chi connectivity index (χ2n) is 8.43. The summed E-state index contributed by atoms with van der Waals surface area (Å²) in [5.41, 5.74) is 2.43. The van der Waals surface area contributed by atoms with Crippen LogP contribution in [0.4, 0.5) is 10.1 Å². The Kier molecular flexibility index (Phi) is 6.93. The SMILES string of the molecule is CN=C(NCC(C)Oc1ccccc1F)N1CC(CCN2CCCC2=O)c2ccccc21. The van der Waals surface area contributed by atoms with Crippen molar-refractivity contribution in [3.8, 4) is 5.75 Å². The average molecular weight is 439 g/mol. The lowest BCUT2D eigenvalue weighted by molar-refractivity contribution is -0.127. The van der Waals surface area contributed by atoms with Crippen molar-refractivity contribution in [1.29, 1.82) is 0 Å². The summed E-state index contributed by atoms with van der Waals surface area (Å²) >= 11 is 0. The number of para-hydroxylation sites is 2. The third-order valence-electron chi connectivity index (χ3n) is 6.17. The van der Waals surface area contributed by atoms with Gasteiger partial charge in [-0.3, -0.25) is 9.79 Å². The maximum Gasteiger partial charge on any atom is 0.222 e. The summed E-state index contributed by atoms with van der Waals surface area (Å²) in [6.07, 6.45) is 2.34. The zero-order valence-corrected chi connectivity index (χ0v) is 18.8. The van der Waals surface area contributed by atoms with Gasteiger partial charge in [-0.1, -0.05) is 30.3 Å². The van der Waals surface area contributed by atoms with E-state index in [1.807, 2.05) is 17.9 Å². The minimum Gasteiger partial charge on any atom is -0.486 e. The number of carbonyl (C=O) groups is 1. The second kappa shape index (κ2) is 10.0. The number of ether oxygens (including phenoxy) is 1. The van der Waals surface area contributed by atoms with Gasteiger partial charge in [0.2, 0.25) is 5.91 Å². The number of anilines is 1. The molecule has 1 amide bonds. The fourth-order valence-electron chi connectivity index (χ4n) is 4.52. The predicted octanol–water partition coefficient (Wildman–Crippen LogP) is 3.78. The van der Waals surface area contributed by atoms with E-state index in [1.165, 1.54) is 11.6 Å². The van der Waals surface area contributed by atoms with Gasteiger partial charge in [-0.25, -0.2) is 4.39 Å². The first-order chi connectivity index (χ1) is 15.6. The molecule has 0 aromatic heterocycles. The highest BCUT2D eigenvalue weighted by Gasteiger charge is 2.32. The van der Waals surface area contributed by atoms with Gasteiger partial charge >= 0.3 is 0 Å². The Bertz CT molecular complexity index is 980. The summed E-state index contributed by atoms with van der Waals surface area (Å²) in [7, 11) is 1.77. The van der Waals surface area contributed by atoms with Crippen molar-refractivity contribution in [2.45, 2.75) is 38.2 Å². The topological polar surface area (TPSA) is 57.2 Å². The first-order valence-electron chi connectivity index (χ1n) is 11.3. The average Bonchev–Trinajstić information content (AvgIpc) is 3.38. The lowest BCUT2D eigenvalue weighted by atomic mass is 9.98. The molecule has 2 aliphatic heterocycles. The number of nitrogens with one attached hydrogen (secondary N) is 1. The van der Waals surface area contributed by atoms with Crippen LogP contribution >= 0.6 is 0 Å². The summed E-state index contributed by atoms with van der Waals surface area (Å²) in [5.74, 6) is 1.26. The molecule has 2 heterocycles. The quantitative estimate of drug-likeness (QED) is 0.528. The number of benzene rings is 2. The van der Waals surface area contributed by atoms with Crippen molar-refractivity contribution in [3.05, 3.63) is 59.9 Å². The summed E-state index contributed by atoms with van der Waals surface area (Å²) in [5, 5.41) is 3.38. The Labute approximate surface area is 189 Å². The Morgan fingerprint density at radius 1 is 1.25 bits per heavy atom. The Hall–Kier alpha value is -3.09. The highest BCUT2D eigenvalue weighted by atomic mass is 19.1. The van der Waals surface area contributed by atoms with Crippen LogP contribution in [0.2, 0.25) is 0 Å². The van der Waals surface area contributed by atoms with Crippen LogP contribution in [-0.2, 0) is 4.79 Å². The van der Waals surface area contributed by atoms with Crippen LogP contribution in [0.5, 0.6) is 5.75 Å². The number of rotatable bonds is 7. The Balaban J connectivity index is 1.39. The fourth-order valence-corrected chi connectivity index (χ4v) is 4.52. The first-order valence-corrected chi connectivity index (χ1v) is 11.3. The molecule has 2 aromatic carbocycles. The lowest BCUT2D eigenvalue weighted by Gasteiger charge is -2.25. The molecular formula is C25H31FN4O2. The van der Waals surface area contributed by atoms with Crippen molar-refractivity contribution < 1.29 is 13.9 Å². The van der Waals surface area contributed by atoms with Crippen LogP contribution in [0.15, 0.2) is 53.5 Å². The molecule has 2 aromatic rings. The summed E-state index contributed by atoms with van der Waals surface area (Å²) < 4.78 is 19.6. The number of carbonyl (C=O) groups excluding carboxylic acids is 1. The molecule has 0 radical (unpaired) electrons. The van der Waals surface area contributed by atoms with Crippen molar-refractivity contribution in [2.75, 3.05) is 38.1 Å². The van der Waals surface area contributed by atoms with E-state index in [0.29, 0.717) is 18.9 Å². The molecule has 0 aliphatic carbocycles. The fraction of sp³-hybridized carbons (Fsp3) is 0.440. The molecule has 0 saturated carbocycles. The molecule has 32 heavy (non-hydrogen) atoms. The van der Waals surface area contributed by atoms with Crippen molar-refractivity contribution in [2.24, 2.45) is 4.99 Å². The van der Waals surface area contributed by atoms with Gasteiger partial charge in [0.05, 0.1) is 6.54 Å². The van der Waals surface area contributed by atoms with Crippen LogP contribution < -0.4 is 15.0 Å². The number of hydrogen-bond donors (Lipinski definition) is 1. The molecule has 1 N–H and O–H groups in total. The zero-order valence-electron chi connectivity index (χ0n) is 18.8. The molecule has 4 rings (SSSR count). The largest absolute Gasteiger partial charge is 0.486 e. The standard InChI is InChI=1S/C25H31FN4O2/c1-18(32-23-11-6-4-9-21(23)26)16-28-25(27-2)30-17-19(20-8-3-5-10-22(20)30)13-15-29-14-7-12-24(29)31/h3-6,8-11,18-19H,7,12-17H2,1-2H3,(H,27,28). The molecule has 2 atom stereocenters. The minimum absolute atomic E-state index is 0.238. The number of guanidine groups is 1. The molecule has 0 bridgehead atoms. The Morgan fingerprint density at radius 3 is 2.78 bits per heavy atom. The van der Waals surface area contributed by atoms with Gasteiger partial charge in [0.15, 0.2) is 17.5 Å². The third-order valence-corrected chi connectivity index (χ3v) is 6.17. The van der Waals surface area contributed by atoms with Crippen LogP contribution in [0.1, 0.15) is 37.7 Å². The predicted molar refractivity (Wildman–Crippen MR) is 125 cm³/mol. The highest BCUT2D eigenvalue weighted by Crippen LogP contribution is 2.38. The number of halogens is 1. The maximum absolute atomic E-state index is 13.9. The van der Waals surface area contributed by atoms with Crippen molar-refractivity contribution in [1.82, 2.24) is 10.2 Å². The summed E-state index contributed by atoms with van der Waals surface area (Å²) in [6, 6.07) is 14.8. The molecule has 2 unspecified atom stereocenters. The van der Waals surface area contributed by atoms with E-state index in [4.69, 9.17) is 4.74 Å². The molecule has 6 nitrogen and oxygen atoms in total. The molecule has 1 fully saturated rings. The van der Waals surface area contributed by atoms with E-state index in [1.54, 1.807) is 25.2 Å². The lowest BCUT2D eigenvalue weighted by Crippen LogP contribution is -2.44. The van der Waals surface area contributed by atoms with E-state index < -0.39 is 0 Å². The molecular weight excluding hydrogens is 407 g/mol. The van der Waals surface area contributed by atoms with E-state index >= 15 is 0 Å². The van der Waals surface area contributed by atoms with Crippen LogP contribution in [0.25, 0.3) is 0 Å². The molecule has 2 aliphatic rings. The van der Waals surface area contributed by atoms with Gasteiger partial charge in [-0.2, -0.15) is 0 Å². The first kappa shape index (κ1) is 22.1. The molecule has 7 heteroatoms. The van der Waals surface area contributed by atoms with E-state index in [-0.39, 0.29) is 23.6 Å². The molecule has 0 spiro atoms. The van der Waals surface area contributed by atoms with E-state index in [0.717, 1.165) is 44.1 Å². The van der Waals surface area contributed by atoms with Crippen LogP contribution in [0.3, 0.4) is 0 Å². The molecule has 170 valence electrons. The smallest absolute Gasteiger partial charge is 0.222 e. The van der Waals surface area contributed by atoms with Gasteiger partial charge < -0.3 is 19.9 Å². The monoisotopic (exact) mass is 438 g/mol. The summed E-state index contributed by atoms with van der Waals surface area (Å²) in [4.78, 5) is 20.7. The zero-order chi connectivity index (χ0) is 22.5. The van der Waals surface area contributed by atoms with Crippen LogP contribution in [0, 0.1) is 5.82 Å². The normalized spacial score (nSPS) is 19.3. The van der Waals surface area contributed by atoms with Crippen LogP contribution in [-0.4, -0.2) is 56.1 Å². The molecule has 1 saturated heterocycles. The third kappa shape index (κ3) is 4.87. The van der Waals surface area contributed by atoms with Gasteiger partial charge in [0.1, 0.15) is 6.10 Å². The van der Waals surface area contributed by atoms with Gasteiger partial charge in [0.25, 0.3) is 0 Å². The number of fused-ring (bicyclic) bond motifs is 1.